The molecule has 1 aliphatic rings. The summed E-state index contributed by atoms with van der Waals surface area (Å²) in [5.74, 6) is 0.248. The number of carbonyl (C=O) groups is 1. The Morgan fingerprint density at radius 1 is 1.13 bits per heavy atom. The van der Waals surface area contributed by atoms with Crippen molar-refractivity contribution in [3.05, 3.63) is 71.8 Å². The second-order valence-electron chi connectivity index (χ2n) is 7.80. The Kier molecular flexibility index (Phi) is 4.85. The Bertz CT molecular complexity index is 1190. The number of amides is 1. The average molecular weight is 401 g/mol. The van der Waals surface area contributed by atoms with E-state index in [0.717, 1.165) is 65.0 Å². The van der Waals surface area contributed by atoms with Crippen LogP contribution in [0.2, 0.25) is 0 Å². The monoisotopic (exact) mass is 401 g/mol. The topological polar surface area (TPSA) is 80.3 Å². The van der Waals surface area contributed by atoms with Gasteiger partial charge in [0, 0.05) is 17.0 Å². The third-order valence-electron chi connectivity index (χ3n) is 5.82. The maximum Gasteiger partial charge on any atom is 0.258 e. The van der Waals surface area contributed by atoms with Gasteiger partial charge in [-0.15, -0.1) is 0 Å². The molecule has 5 rings (SSSR count). The van der Waals surface area contributed by atoms with Crippen molar-refractivity contribution in [2.45, 2.75) is 25.7 Å². The van der Waals surface area contributed by atoms with E-state index in [4.69, 9.17) is 8.94 Å². The highest BCUT2D eigenvalue weighted by Crippen LogP contribution is 2.34. The van der Waals surface area contributed by atoms with Crippen LogP contribution in [0.25, 0.3) is 22.1 Å². The molecule has 1 fully saturated rings. The minimum atomic E-state index is -0.198. The van der Waals surface area contributed by atoms with Gasteiger partial charge in [-0.05, 0) is 79.9 Å². The van der Waals surface area contributed by atoms with Gasteiger partial charge in [0.15, 0.2) is 5.58 Å². The maximum absolute atomic E-state index is 12.3. The summed E-state index contributed by atoms with van der Waals surface area (Å²) in [7, 11) is 0. The molecule has 0 saturated carbocycles. The maximum atomic E-state index is 12.3. The fourth-order valence-corrected chi connectivity index (χ4v) is 4.12. The molecule has 6 heteroatoms. The molecule has 2 N–H and O–H groups in total. The molecule has 0 atom stereocenters. The van der Waals surface area contributed by atoms with Crippen LogP contribution in [0, 0.1) is 6.92 Å². The molecule has 6 nitrogen and oxygen atoms in total. The average Bonchev–Trinajstić information content (AvgIpc) is 3.45. The molecule has 0 aliphatic carbocycles. The van der Waals surface area contributed by atoms with Crippen LogP contribution in [0.5, 0.6) is 0 Å². The summed E-state index contributed by atoms with van der Waals surface area (Å²) in [6, 6.07) is 13.8. The van der Waals surface area contributed by atoms with Gasteiger partial charge in [0.2, 0.25) is 0 Å². The largest absolute Gasteiger partial charge is 0.472 e. The Balaban J connectivity index is 1.45. The molecule has 4 aromatic rings. The van der Waals surface area contributed by atoms with Crippen LogP contribution in [0.3, 0.4) is 0 Å². The van der Waals surface area contributed by atoms with Crippen LogP contribution in [0.1, 0.15) is 40.4 Å². The Hall–Kier alpha value is -3.38. The van der Waals surface area contributed by atoms with Crippen molar-refractivity contribution in [2.24, 2.45) is 0 Å². The van der Waals surface area contributed by atoms with Gasteiger partial charge in [-0.25, -0.2) is 0 Å². The third-order valence-corrected chi connectivity index (χ3v) is 5.82. The molecule has 152 valence electrons. The van der Waals surface area contributed by atoms with Crippen LogP contribution in [0.15, 0.2) is 63.9 Å². The van der Waals surface area contributed by atoms with Crippen molar-refractivity contribution in [3.8, 4) is 11.1 Å². The van der Waals surface area contributed by atoms with E-state index in [2.05, 4.69) is 34.8 Å². The number of hydrogen-bond donors (Lipinski definition) is 2. The number of furan rings is 1. The van der Waals surface area contributed by atoms with Crippen LogP contribution in [0.4, 0.5) is 5.69 Å². The summed E-state index contributed by atoms with van der Waals surface area (Å²) in [5, 5.41) is 11.8. The molecule has 30 heavy (non-hydrogen) atoms. The van der Waals surface area contributed by atoms with E-state index in [1.54, 1.807) is 6.07 Å². The summed E-state index contributed by atoms with van der Waals surface area (Å²) >= 11 is 0. The Morgan fingerprint density at radius 2 is 2.00 bits per heavy atom. The zero-order chi connectivity index (χ0) is 20.5. The zero-order valence-corrected chi connectivity index (χ0v) is 16.8. The highest BCUT2D eigenvalue weighted by molar-refractivity contribution is 6.04. The predicted octanol–water partition coefficient (Wildman–Crippen LogP) is 5.12. The molecule has 1 saturated heterocycles. The minimum absolute atomic E-state index is 0.198. The van der Waals surface area contributed by atoms with Gasteiger partial charge in [0.1, 0.15) is 6.26 Å². The molecule has 0 unspecified atom stereocenters. The van der Waals surface area contributed by atoms with Crippen molar-refractivity contribution < 1.29 is 13.7 Å². The molecular formula is C24H23N3O3. The smallest absolute Gasteiger partial charge is 0.258 e. The van der Waals surface area contributed by atoms with Gasteiger partial charge in [0.25, 0.3) is 5.91 Å². The molecule has 0 bridgehead atoms. The molecular weight excluding hydrogens is 378 g/mol. The van der Waals surface area contributed by atoms with E-state index in [0.29, 0.717) is 11.5 Å². The number of piperidine rings is 1. The fourth-order valence-electron chi connectivity index (χ4n) is 4.12. The third kappa shape index (κ3) is 3.50. The zero-order valence-electron chi connectivity index (χ0n) is 16.8. The van der Waals surface area contributed by atoms with Crippen molar-refractivity contribution in [1.29, 1.82) is 0 Å². The standard InChI is InChI=1S/C24H23N3O3/c1-15-2-4-19(26-24(28)18-8-11-29-14-18)13-21(15)17-3-5-20-22(12-17)30-27-23(20)16-6-9-25-10-7-16/h2-5,8,11-14,16,25H,6-7,9-10H2,1H3,(H,26,28). The number of rotatable bonds is 4. The van der Waals surface area contributed by atoms with Gasteiger partial charge in [0.05, 0.1) is 17.5 Å². The number of aryl methyl sites for hydroxylation is 1. The highest BCUT2D eigenvalue weighted by atomic mass is 16.5. The van der Waals surface area contributed by atoms with Crippen LogP contribution in [-0.4, -0.2) is 24.2 Å². The number of fused-ring (bicyclic) bond motifs is 1. The molecule has 2 aromatic heterocycles. The molecule has 1 amide bonds. The molecule has 0 radical (unpaired) electrons. The van der Waals surface area contributed by atoms with E-state index in [1.165, 1.54) is 12.5 Å². The van der Waals surface area contributed by atoms with Crippen LogP contribution >= 0.6 is 0 Å². The quantitative estimate of drug-likeness (QED) is 0.496. The first-order valence-electron chi connectivity index (χ1n) is 10.2. The molecule has 3 heterocycles. The lowest BCUT2D eigenvalue weighted by Crippen LogP contribution is -2.26. The van der Waals surface area contributed by atoms with E-state index >= 15 is 0 Å². The first-order valence-corrected chi connectivity index (χ1v) is 10.2. The lowest BCUT2D eigenvalue weighted by Gasteiger charge is -2.20. The SMILES string of the molecule is Cc1ccc(NC(=O)c2ccoc2)cc1-c1ccc2c(C3CCNCC3)noc2c1. The number of nitrogens with zero attached hydrogens (tertiary/aromatic N) is 1. The van der Waals surface area contributed by atoms with Crippen molar-refractivity contribution in [1.82, 2.24) is 10.5 Å². The predicted molar refractivity (Wildman–Crippen MR) is 116 cm³/mol. The summed E-state index contributed by atoms with van der Waals surface area (Å²) in [5.41, 5.74) is 6.28. The molecule has 1 aliphatic heterocycles. The highest BCUT2D eigenvalue weighted by Gasteiger charge is 2.21. The van der Waals surface area contributed by atoms with E-state index in [9.17, 15) is 4.79 Å². The van der Waals surface area contributed by atoms with Gasteiger partial charge in [-0.3, -0.25) is 4.79 Å². The second kappa shape index (κ2) is 7.80. The summed E-state index contributed by atoms with van der Waals surface area (Å²) in [6.07, 6.45) is 5.09. The lowest BCUT2D eigenvalue weighted by molar-refractivity contribution is 0.102. The fraction of sp³-hybridized carbons (Fsp3) is 0.250. The Labute approximate surface area is 174 Å². The van der Waals surface area contributed by atoms with Gasteiger partial charge >= 0.3 is 0 Å². The number of hydrogen-bond acceptors (Lipinski definition) is 5. The van der Waals surface area contributed by atoms with Gasteiger partial charge in [-0.2, -0.15) is 0 Å². The van der Waals surface area contributed by atoms with Gasteiger partial charge in [-0.1, -0.05) is 17.3 Å². The first kappa shape index (κ1) is 18.6. The Morgan fingerprint density at radius 3 is 2.80 bits per heavy atom. The minimum Gasteiger partial charge on any atom is -0.472 e. The van der Waals surface area contributed by atoms with E-state index in [1.807, 2.05) is 24.3 Å². The van der Waals surface area contributed by atoms with Crippen LogP contribution < -0.4 is 10.6 Å². The molecule has 2 aromatic carbocycles. The lowest BCUT2D eigenvalue weighted by atomic mass is 9.92. The van der Waals surface area contributed by atoms with E-state index < -0.39 is 0 Å². The van der Waals surface area contributed by atoms with E-state index in [-0.39, 0.29) is 5.91 Å². The second-order valence-corrected chi connectivity index (χ2v) is 7.80. The van der Waals surface area contributed by atoms with Gasteiger partial charge < -0.3 is 19.6 Å². The number of aromatic nitrogens is 1. The van der Waals surface area contributed by atoms with Crippen molar-refractivity contribution in [3.63, 3.8) is 0 Å². The first-order chi connectivity index (χ1) is 14.7. The summed E-state index contributed by atoms with van der Waals surface area (Å²) in [4.78, 5) is 12.3. The number of benzene rings is 2. The van der Waals surface area contributed by atoms with Crippen molar-refractivity contribution in [2.75, 3.05) is 18.4 Å². The normalized spacial score (nSPS) is 14.8. The van der Waals surface area contributed by atoms with Crippen molar-refractivity contribution >= 4 is 22.6 Å². The summed E-state index contributed by atoms with van der Waals surface area (Å²) in [6.45, 7) is 4.10. The number of nitrogens with one attached hydrogen (secondary N) is 2. The summed E-state index contributed by atoms with van der Waals surface area (Å²) < 4.78 is 10.7. The number of anilines is 1. The van der Waals surface area contributed by atoms with Crippen LogP contribution in [-0.2, 0) is 0 Å². The molecule has 0 spiro atoms. The number of carbonyl (C=O) groups excluding carboxylic acids is 1.